The Morgan fingerprint density at radius 1 is 1.50 bits per heavy atom. The number of carbonyl (C=O) groups excluding carboxylic acids is 2. The van der Waals surface area contributed by atoms with Crippen molar-refractivity contribution >= 4 is 19.1 Å². The van der Waals surface area contributed by atoms with E-state index < -0.39 is 7.32 Å². The second-order valence-corrected chi connectivity index (χ2v) is 2.68. The van der Waals surface area contributed by atoms with Crippen LogP contribution in [-0.4, -0.2) is 34.2 Å². The van der Waals surface area contributed by atoms with E-state index in [1.165, 1.54) is 0 Å². The summed E-state index contributed by atoms with van der Waals surface area (Å²) in [5.41, 5.74) is 0. The van der Waals surface area contributed by atoms with Crippen LogP contribution in [0.1, 0.15) is 12.8 Å². The maximum Gasteiger partial charge on any atom is 0.631 e. The second kappa shape index (κ2) is 6.30. The number of imide groups is 1. The third-order valence-electron chi connectivity index (χ3n) is 1.52. The van der Waals surface area contributed by atoms with Gasteiger partial charge in [-0.2, -0.15) is 0 Å². The number of carbonyl (C=O) groups is 2. The Bertz CT molecular complexity index is 227. The van der Waals surface area contributed by atoms with E-state index >= 15 is 0 Å². The number of nitrogens with one attached hydrogen (secondary N) is 1. The summed E-state index contributed by atoms with van der Waals surface area (Å²) in [5.74, 6) is -0.494. The fourth-order valence-corrected chi connectivity index (χ4v) is 0.999. The molecule has 1 atom stereocenters. The van der Waals surface area contributed by atoms with Gasteiger partial charge in [0.1, 0.15) is 0 Å². The number of allylic oxidation sites excluding steroid dienone is 1. The first kappa shape index (κ1) is 12.8. The summed E-state index contributed by atoms with van der Waals surface area (Å²) < 4.78 is 0. The van der Waals surface area contributed by atoms with Crippen LogP contribution in [-0.2, 0) is 9.59 Å². The number of amides is 2. The third-order valence-corrected chi connectivity index (χ3v) is 1.52. The van der Waals surface area contributed by atoms with Gasteiger partial charge in [0.05, 0.1) is 5.92 Å². The van der Waals surface area contributed by atoms with Gasteiger partial charge in [0, 0.05) is 6.42 Å². The Labute approximate surface area is 81.4 Å². The van der Waals surface area contributed by atoms with Crippen molar-refractivity contribution in [3.8, 4) is 0 Å². The Morgan fingerprint density at radius 2 is 2.00 bits per heavy atom. The highest BCUT2D eigenvalue weighted by Crippen LogP contribution is 2.14. The molecule has 0 aromatic carbocycles. The van der Waals surface area contributed by atoms with Crippen LogP contribution in [0.25, 0.3) is 0 Å². The molecule has 0 spiro atoms. The minimum Gasteiger partial charge on any atom is -0.402 e. The lowest BCUT2D eigenvalue weighted by atomic mass is 10.0. The molecule has 14 heavy (non-hydrogen) atoms. The van der Waals surface area contributed by atoms with Crippen LogP contribution in [0.5, 0.6) is 0 Å². The quantitative estimate of drug-likeness (QED) is 0.239. The fraction of sp³-hybridized carbons (Fsp3) is 0.429. The van der Waals surface area contributed by atoms with Crippen LogP contribution in [0.3, 0.4) is 0 Å². The molecule has 1 unspecified atom stereocenters. The number of hydrogen-bond donors (Lipinski definition) is 4. The zero-order valence-corrected chi connectivity index (χ0v) is 7.51. The standard InChI is InChI=1S/C7H9NO2.BH3O3/c1-2-3-5-4-6(9)8-7(5)10;2-1(3)4/h2,5H,1,3-4H2,(H,8,9,10);2-4H. The van der Waals surface area contributed by atoms with E-state index in [0.29, 0.717) is 12.8 Å². The fourth-order valence-electron chi connectivity index (χ4n) is 0.999. The van der Waals surface area contributed by atoms with Crippen LogP contribution < -0.4 is 5.32 Å². The molecule has 0 radical (unpaired) electrons. The van der Waals surface area contributed by atoms with Gasteiger partial charge in [-0.25, -0.2) is 0 Å². The van der Waals surface area contributed by atoms with Crippen molar-refractivity contribution in [1.82, 2.24) is 5.32 Å². The normalized spacial score (nSPS) is 19.5. The Balaban J connectivity index is 0.000000364. The molecule has 0 bridgehead atoms. The predicted octanol–water partition coefficient (Wildman–Crippen LogP) is -1.83. The smallest absolute Gasteiger partial charge is 0.402 e. The minimum atomic E-state index is -2.17. The summed E-state index contributed by atoms with van der Waals surface area (Å²) >= 11 is 0. The van der Waals surface area contributed by atoms with Gasteiger partial charge < -0.3 is 15.1 Å². The Kier molecular flexibility index (Phi) is 5.78. The summed E-state index contributed by atoms with van der Waals surface area (Å²) in [5, 5.41) is 23.7. The Morgan fingerprint density at radius 3 is 2.29 bits per heavy atom. The highest BCUT2D eigenvalue weighted by atomic mass is 16.5. The van der Waals surface area contributed by atoms with E-state index in [9.17, 15) is 9.59 Å². The third kappa shape index (κ3) is 5.47. The molecule has 0 aromatic heterocycles. The van der Waals surface area contributed by atoms with Crippen LogP contribution >= 0.6 is 0 Å². The van der Waals surface area contributed by atoms with Crippen LogP contribution in [0.2, 0.25) is 0 Å². The van der Waals surface area contributed by atoms with Crippen LogP contribution in [0.15, 0.2) is 12.7 Å². The average Bonchev–Trinajstić information content (AvgIpc) is 2.30. The average molecular weight is 201 g/mol. The molecule has 1 aliphatic rings. The summed E-state index contributed by atoms with van der Waals surface area (Å²) in [6.07, 6.45) is 2.57. The van der Waals surface area contributed by atoms with E-state index in [2.05, 4.69) is 11.9 Å². The van der Waals surface area contributed by atoms with Gasteiger partial charge in [0.25, 0.3) is 0 Å². The van der Waals surface area contributed by atoms with E-state index in [4.69, 9.17) is 15.1 Å². The largest absolute Gasteiger partial charge is 0.631 e. The molecule has 0 aliphatic carbocycles. The minimum absolute atomic E-state index is 0.162. The molecule has 1 rings (SSSR count). The highest BCUT2D eigenvalue weighted by Gasteiger charge is 2.28. The lowest BCUT2D eigenvalue weighted by Crippen LogP contribution is -2.21. The van der Waals surface area contributed by atoms with E-state index in [1.807, 2.05) is 0 Å². The summed E-state index contributed by atoms with van der Waals surface area (Å²) in [7, 11) is -2.17. The molecule has 7 heteroatoms. The molecule has 1 fully saturated rings. The van der Waals surface area contributed by atoms with E-state index in [1.54, 1.807) is 6.08 Å². The van der Waals surface area contributed by atoms with Gasteiger partial charge in [-0.15, -0.1) is 6.58 Å². The van der Waals surface area contributed by atoms with Gasteiger partial charge in [-0.05, 0) is 6.42 Å². The van der Waals surface area contributed by atoms with Gasteiger partial charge in [-0.1, -0.05) is 6.08 Å². The summed E-state index contributed by atoms with van der Waals surface area (Å²) in [6.45, 7) is 3.49. The van der Waals surface area contributed by atoms with Crippen LogP contribution in [0.4, 0.5) is 0 Å². The molecule has 0 aromatic rings. The van der Waals surface area contributed by atoms with Gasteiger partial charge in [-0.3, -0.25) is 14.9 Å². The number of hydrogen-bond acceptors (Lipinski definition) is 5. The first-order chi connectivity index (χ1) is 6.47. The Hall–Kier alpha value is -1.18. The van der Waals surface area contributed by atoms with Crippen LogP contribution in [0, 0.1) is 5.92 Å². The first-order valence-corrected chi connectivity index (χ1v) is 3.96. The zero-order chi connectivity index (χ0) is 11.1. The van der Waals surface area contributed by atoms with Crippen molar-refractivity contribution in [2.24, 2.45) is 5.92 Å². The first-order valence-electron chi connectivity index (χ1n) is 3.96. The molecule has 6 nitrogen and oxygen atoms in total. The van der Waals surface area contributed by atoms with Gasteiger partial charge in [0.15, 0.2) is 0 Å². The summed E-state index contributed by atoms with van der Waals surface area (Å²) in [4.78, 5) is 21.4. The van der Waals surface area contributed by atoms with Crippen molar-refractivity contribution in [3.05, 3.63) is 12.7 Å². The molecular formula is C7H12BNO5. The van der Waals surface area contributed by atoms with Crippen molar-refractivity contribution in [3.63, 3.8) is 0 Å². The van der Waals surface area contributed by atoms with Crippen molar-refractivity contribution in [2.75, 3.05) is 0 Å². The van der Waals surface area contributed by atoms with E-state index in [0.717, 1.165) is 0 Å². The van der Waals surface area contributed by atoms with Crippen molar-refractivity contribution in [1.29, 1.82) is 0 Å². The molecular weight excluding hydrogens is 189 g/mol. The molecule has 1 aliphatic heterocycles. The predicted molar refractivity (Wildman–Crippen MR) is 48.5 cm³/mol. The molecule has 1 heterocycles. The second-order valence-electron chi connectivity index (χ2n) is 2.68. The van der Waals surface area contributed by atoms with Crippen molar-refractivity contribution < 1.29 is 24.7 Å². The molecule has 78 valence electrons. The molecule has 1 saturated heterocycles. The van der Waals surface area contributed by atoms with Gasteiger partial charge >= 0.3 is 7.32 Å². The SMILES string of the molecule is C=CCC1CC(=O)NC1=O.OB(O)O. The maximum atomic E-state index is 10.8. The van der Waals surface area contributed by atoms with E-state index in [-0.39, 0.29) is 17.7 Å². The number of rotatable bonds is 2. The zero-order valence-electron chi connectivity index (χ0n) is 7.51. The molecule has 2 amide bonds. The van der Waals surface area contributed by atoms with Crippen molar-refractivity contribution in [2.45, 2.75) is 12.8 Å². The molecule has 0 saturated carbocycles. The molecule has 4 N–H and O–H groups in total. The summed E-state index contributed by atoms with van der Waals surface area (Å²) in [6, 6.07) is 0. The van der Waals surface area contributed by atoms with Gasteiger partial charge in [0.2, 0.25) is 11.8 Å². The monoisotopic (exact) mass is 201 g/mol. The lowest BCUT2D eigenvalue weighted by Gasteiger charge is -1.97. The highest BCUT2D eigenvalue weighted by molar-refractivity contribution is 6.30. The maximum absolute atomic E-state index is 10.8. The topological polar surface area (TPSA) is 107 Å². The lowest BCUT2D eigenvalue weighted by molar-refractivity contribution is -0.125.